The molecule has 70 valence electrons. The van der Waals surface area contributed by atoms with Gasteiger partial charge < -0.3 is 0 Å². The zero-order valence-corrected chi connectivity index (χ0v) is 10.1. The van der Waals surface area contributed by atoms with E-state index in [0.717, 1.165) is 5.02 Å². The van der Waals surface area contributed by atoms with Crippen molar-refractivity contribution < 1.29 is 0 Å². The number of halogens is 1. The Balaban J connectivity index is 2.80. The van der Waals surface area contributed by atoms with E-state index in [1.807, 2.05) is 18.2 Å². The van der Waals surface area contributed by atoms with Gasteiger partial charge in [-0.2, -0.15) is 0 Å². The predicted molar refractivity (Wildman–Crippen MR) is 63.8 cm³/mol. The molecule has 13 heavy (non-hydrogen) atoms. The van der Waals surface area contributed by atoms with Gasteiger partial charge in [-0.25, -0.2) is 0 Å². The maximum atomic E-state index is 5.87. The fraction of sp³-hybridized carbons (Fsp3) is 0.273. The van der Waals surface area contributed by atoms with Crippen LogP contribution >= 0.6 is 11.6 Å². The Morgan fingerprint density at radius 1 is 1.23 bits per heavy atom. The second-order valence-corrected chi connectivity index (χ2v) is 9.76. The minimum absolute atomic E-state index is 0.803. The number of hydrogen-bond acceptors (Lipinski definition) is 0. The van der Waals surface area contributed by atoms with Gasteiger partial charge in [-0.1, -0.05) is 55.2 Å². The van der Waals surface area contributed by atoms with Crippen LogP contribution in [0.15, 0.2) is 30.0 Å². The molecule has 0 aromatic heterocycles. The first-order chi connectivity index (χ1) is 5.97. The zero-order chi connectivity index (χ0) is 9.90. The molecule has 0 saturated carbocycles. The lowest BCUT2D eigenvalue weighted by molar-refractivity contribution is 1.65. The number of benzene rings is 1. The average molecular weight is 211 g/mol. The largest absolute Gasteiger partial charge is 0.0944 e. The molecule has 1 aromatic carbocycles. The van der Waals surface area contributed by atoms with Gasteiger partial charge in [0.05, 0.1) is 8.07 Å². The molecule has 0 aliphatic carbocycles. The minimum Gasteiger partial charge on any atom is -0.0944 e. The highest BCUT2D eigenvalue weighted by atomic mass is 35.5. The molecule has 0 amide bonds. The van der Waals surface area contributed by atoms with E-state index < -0.39 is 8.07 Å². The Morgan fingerprint density at radius 2 is 1.92 bits per heavy atom. The molecule has 1 rings (SSSR count). The van der Waals surface area contributed by atoms with Crippen LogP contribution in [0.1, 0.15) is 5.56 Å². The summed E-state index contributed by atoms with van der Waals surface area (Å²) in [5.41, 5.74) is 3.51. The van der Waals surface area contributed by atoms with Crippen molar-refractivity contribution in [3.8, 4) is 0 Å². The van der Waals surface area contributed by atoms with Crippen molar-refractivity contribution in [2.75, 3.05) is 0 Å². The fourth-order valence-corrected chi connectivity index (χ4v) is 1.85. The van der Waals surface area contributed by atoms with Crippen molar-refractivity contribution in [2.24, 2.45) is 0 Å². The second-order valence-electron chi connectivity index (χ2n) is 4.25. The molecular weight excluding hydrogens is 196 g/mol. The number of hydrogen-bond donors (Lipinski definition) is 0. The molecule has 0 fully saturated rings. The average Bonchev–Trinajstić information content (AvgIpc) is 2.00. The maximum absolute atomic E-state index is 5.87. The lowest BCUT2D eigenvalue weighted by Gasteiger charge is -2.07. The molecular formula is C11H15ClSi. The van der Waals surface area contributed by atoms with Crippen molar-refractivity contribution in [3.05, 3.63) is 40.6 Å². The predicted octanol–water partition coefficient (Wildman–Crippen LogP) is 4.23. The monoisotopic (exact) mass is 210 g/mol. The molecule has 0 heterocycles. The van der Waals surface area contributed by atoms with Gasteiger partial charge in [0, 0.05) is 5.02 Å². The van der Waals surface area contributed by atoms with Gasteiger partial charge in [0.15, 0.2) is 0 Å². The van der Waals surface area contributed by atoms with E-state index in [0.29, 0.717) is 0 Å². The summed E-state index contributed by atoms with van der Waals surface area (Å²) < 4.78 is 0. The quantitative estimate of drug-likeness (QED) is 0.641. The molecule has 0 bridgehead atoms. The normalized spacial score (nSPS) is 12.3. The summed E-state index contributed by atoms with van der Waals surface area (Å²) in [6.45, 7) is 6.94. The van der Waals surface area contributed by atoms with Crippen LogP contribution in [0.4, 0.5) is 0 Å². The van der Waals surface area contributed by atoms with Crippen molar-refractivity contribution in [1.82, 2.24) is 0 Å². The lowest BCUT2D eigenvalue weighted by atomic mass is 10.2. The van der Waals surface area contributed by atoms with Gasteiger partial charge in [-0.05, 0) is 17.7 Å². The third-order valence-electron chi connectivity index (χ3n) is 1.62. The van der Waals surface area contributed by atoms with E-state index >= 15 is 0 Å². The van der Waals surface area contributed by atoms with Crippen LogP contribution in [0.2, 0.25) is 24.7 Å². The summed E-state index contributed by atoms with van der Waals surface area (Å²) in [4.78, 5) is 0. The molecule has 1 aromatic rings. The van der Waals surface area contributed by atoms with Crippen molar-refractivity contribution >= 4 is 25.8 Å². The first-order valence-electron chi connectivity index (χ1n) is 4.42. The molecule has 0 aliphatic heterocycles. The second kappa shape index (κ2) is 4.12. The smallest absolute Gasteiger partial charge is 0.0687 e. The Bertz CT molecular complexity index is 310. The Hall–Kier alpha value is -0.533. The standard InChI is InChI=1S/C11H15ClSi/c1-13(2,3)8-7-10-5-4-6-11(12)9-10/h4-9H,1-3H3/b8-7+. The van der Waals surface area contributed by atoms with Crippen LogP contribution in [-0.2, 0) is 0 Å². The molecule has 0 unspecified atom stereocenters. The molecule has 0 aliphatic rings. The third kappa shape index (κ3) is 4.30. The Labute approximate surface area is 86.3 Å². The van der Waals surface area contributed by atoms with Gasteiger partial charge in [0.1, 0.15) is 0 Å². The summed E-state index contributed by atoms with van der Waals surface area (Å²) >= 11 is 5.87. The van der Waals surface area contributed by atoms with E-state index in [9.17, 15) is 0 Å². The fourth-order valence-electron chi connectivity index (χ4n) is 0.956. The van der Waals surface area contributed by atoms with Gasteiger partial charge in [0.2, 0.25) is 0 Å². The van der Waals surface area contributed by atoms with Crippen molar-refractivity contribution in [2.45, 2.75) is 19.6 Å². The summed E-state index contributed by atoms with van der Waals surface area (Å²) in [6, 6.07) is 7.93. The van der Waals surface area contributed by atoms with Crippen LogP contribution in [0, 0.1) is 0 Å². The molecule has 2 heteroatoms. The summed E-state index contributed by atoms with van der Waals surface area (Å²) in [6.07, 6.45) is 2.16. The molecule has 0 atom stereocenters. The highest BCUT2D eigenvalue weighted by Gasteiger charge is 2.06. The highest BCUT2D eigenvalue weighted by Crippen LogP contribution is 2.13. The van der Waals surface area contributed by atoms with Gasteiger partial charge in [-0.15, -0.1) is 0 Å². The first-order valence-corrected chi connectivity index (χ1v) is 8.38. The maximum Gasteiger partial charge on any atom is 0.0687 e. The van der Waals surface area contributed by atoms with Crippen molar-refractivity contribution in [3.63, 3.8) is 0 Å². The van der Waals surface area contributed by atoms with E-state index in [-0.39, 0.29) is 0 Å². The van der Waals surface area contributed by atoms with Crippen LogP contribution < -0.4 is 0 Å². The lowest BCUT2D eigenvalue weighted by Crippen LogP contribution is -2.15. The van der Waals surface area contributed by atoms with E-state index in [1.165, 1.54) is 5.56 Å². The highest BCUT2D eigenvalue weighted by molar-refractivity contribution is 6.81. The molecule has 0 saturated heterocycles. The van der Waals surface area contributed by atoms with E-state index in [1.54, 1.807) is 0 Å². The van der Waals surface area contributed by atoms with Gasteiger partial charge >= 0.3 is 0 Å². The van der Waals surface area contributed by atoms with Gasteiger partial charge in [-0.3, -0.25) is 0 Å². The van der Waals surface area contributed by atoms with E-state index in [4.69, 9.17) is 11.6 Å². The van der Waals surface area contributed by atoms with Crippen molar-refractivity contribution in [1.29, 1.82) is 0 Å². The summed E-state index contributed by atoms with van der Waals surface area (Å²) in [7, 11) is -1.08. The summed E-state index contributed by atoms with van der Waals surface area (Å²) in [5, 5.41) is 0.803. The first kappa shape index (κ1) is 10.5. The van der Waals surface area contributed by atoms with Crippen LogP contribution in [0.3, 0.4) is 0 Å². The molecule has 0 N–H and O–H groups in total. The van der Waals surface area contributed by atoms with E-state index in [2.05, 4.69) is 37.5 Å². The molecule has 0 radical (unpaired) electrons. The van der Waals surface area contributed by atoms with Gasteiger partial charge in [0.25, 0.3) is 0 Å². The van der Waals surface area contributed by atoms with Crippen LogP contribution in [0.25, 0.3) is 6.08 Å². The molecule has 0 spiro atoms. The topological polar surface area (TPSA) is 0 Å². The number of rotatable bonds is 2. The minimum atomic E-state index is -1.08. The summed E-state index contributed by atoms with van der Waals surface area (Å²) in [5.74, 6) is 0. The Kier molecular flexibility index (Phi) is 3.34. The molecule has 0 nitrogen and oxygen atoms in total. The SMILES string of the molecule is C[Si](C)(C)/C=C/c1cccc(Cl)c1. The Morgan fingerprint density at radius 3 is 2.46 bits per heavy atom. The van der Waals surface area contributed by atoms with Crippen LogP contribution in [0.5, 0.6) is 0 Å². The zero-order valence-electron chi connectivity index (χ0n) is 8.34. The van der Waals surface area contributed by atoms with Crippen LogP contribution in [-0.4, -0.2) is 8.07 Å². The third-order valence-corrected chi connectivity index (χ3v) is 3.03.